The first kappa shape index (κ1) is 18.1. The van der Waals surface area contributed by atoms with E-state index in [2.05, 4.69) is 15.3 Å². The molecular formula is C16H22N4O3S. The van der Waals surface area contributed by atoms with E-state index in [1.165, 1.54) is 17.7 Å². The van der Waals surface area contributed by atoms with Gasteiger partial charge in [-0.25, -0.2) is 14.8 Å². The summed E-state index contributed by atoms with van der Waals surface area (Å²) in [5, 5.41) is 3.59. The minimum atomic E-state index is -0.351. The number of fused-ring (bicyclic) bond motifs is 1. The number of ether oxygens (including phenoxy) is 1. The van der Waals surface area contributed by atoms with E-state index in [1.54, 1.807) is 6.92 Å². The van der Waals surface area contributed by atoms with Gasteiger partial charge < -0.3 is 15.0 Å². The van der Waals surface area contributed by atoms with Crippen molar-refractivity contribution in [1.82, 2.24) is 15.3 Å². The van der Waals surface area contributed by atoms with E-state index in [-0.39, 0.29) is 18.4 Å². The molecular weight excluding hydrogens is 328 g/mol. The summed E-state index contributed by atoms with van der Waals surface area (Å²) in [6, 6.07) is 0. The SMILES string of the molecule is CCNC(=O)CN(CC)c1ncnc2sc(C(=O)OCC)c(C)c12. The number of carbonyl (C=O) groups is 2. The number of likely N-dealkylation sites (N-methyl/N-ethyl adjacent to an activating group) is 2. The molecule has 0 saturated heterocycles. The monoisotopic (exact) mass is 350 g/mol. The Morgan fingerprint density at radius 2 is 2.04 bits per heavy atom. The number of rotatable bonds is 7. The van der Waals surface area contributed by atoms with Crippen LogP contribution in [0.1, 0.15) is 36.0 Å². The maximum atomic E-state index is 12.1. The zero-order valence-electron chi connectivity index (χ0n) is 14.4. The lowest BCUT2D eigenvalue weighted by Gasteiger charge is -2.22. The maximum Gasteiger partial charge on any atom is 0.348 e. The van der Waals surface area contributed by atoms with Gasteiger partial charge in [0.1, 0.15) is 21.9 Å². The first-order chi connectivity index (χ1) is 11.5. The third-order valence-electron chi connectivity index (χ3n) is 3.56. The van der Waals surface area contributed by atoms with Gasteiger partial charge in [-0.05, 0) is 33.3 Å². The zero-order valence-corrected chi connectivity index (χ0v) is 15.2. The van der Waals surface area contributed by atoms with Gasteiger partial charge in [-0.1, -0.05) is 0 Å². The summed E-state index contributed by atoms with van der Waals surface area (Å²) in [6.07, 6.45) is 1.46. The van der Waals surface area contributed by atoms with E-state index in [0.717, 1.165) is 15.8 Å². The van der Waals surface area contributed by atoms with Gasteiger partial charge in [0.2, 0.25) is 5.91 Å². The fraction of sp³-hybridized carbons (Fsp3) is 0.500. The van der Waals surface area contributed by atoms with E-state index in [1.807, 2.05) is 25.7 Å². The van der Waals surface area contributed by atoms with Crippen molar-refractivity contribution in [1.29, 1.82) is 0 Å². The van der Waals surface area contributed by atoms with Crippen LogP contribution in [0.25, 0.3) is 10.2 Å². The molecule has 2 aromatic heterocycles. The van der Waals surface area contributed by atoms with Gasteiger partial charge in [-0.15, -0.1) is 11.3 Å². The van der Waals surface area contributed by atoms with E-state index >= 15 is 0 Å². The third-order valence-corrected chi connectivity index (χ3v) is 4.74. The number of nitrogens with one attached hydrogen (secondary N) is 1. The molecule has 0 spiro atoms. The van der Waals surface area contributed by atoms with Gasteiger partial charge in [0, 0.05) is 13.1 Å². The Kier molecular flexibility index (Phi) is 6.08. The second kappa shape index (κ2) is 8.05. The minimum absolute atomic E-state index is 0.0652. The zero-order chi connectivity index (χ0) is 17.7. The summed E-state index contributed by atoms with van der Waals surface area (Å²) in [5.74, 6) is 0.249. The van der Waals surface area contributed by atoms with E-state index in [4.69, 9.17) is 4.74 Å². The van der Waals surface area contributed by atoms with Crippen molar-refractivity contribution < 1.29 is 14.3 Å². The van der Waals surface area contributed by atoms with Crippen LogP contribution in [-0.2, 0) is 9.53 Å². The van der Waals surface area contributed by atoms with Gasteiger partial charge >= 0.3 is 5.97 Å². The molecule has 2 heterocycles. The lowest BCUT2D eigenvalue weighted by molar-refractivity contribution is -0.119. The standard InChI is InChI=1S/C16H22N4O3S/c1-5-17-11(21)8-20(6-2)14-12-10(4)13(16(22)23-7-3)24-15(12)19-9-18-14/h9H,5-8H2,1-4H3,(H,17,21). The van der Waals surface area contributed by atoms with E-state index in [9.17, 15) is 9.59 Å². The molecule has 0 bridgehead atoms. The Hall–Kier alpha value is -2.22. The van der Waals surface area contributed by atoms with E-state index in [0.29, 0.717) is 30.4 Å². The van der Waals surface area contributed by atoms with Crippen molar-refractivity contribution in [2.75, 3.05) is 31.1 Å². The third kappa shape index (κ3) is 3.64. The molecule has 1 N–H and O–H groups in total. The Morgan fingerprint density at radius 3 is 2.67 bits per heavy atom. The maximum absolute atomic E-state index is 12.1. The normalized spacial score (nSPS) is 10.7. The van der Waals surface area contributed by atoms with E-state index < -0.39 is 0 Å². The molecule has 0 fully saturated rings. The largest absolute Gasteiger partial charge is 0.462 e. The van der Waals surface area contributed by atoms with Crippen LogP contribution in [0, 0.1) is 6.92 Å². The van der Waals surface area contributed by atoms with Crippen LogP contribution in [0.3, 0.4) is 0 Å². The number of anilines is 1. The summed E-state index contributed by atoms with van der Waals surface area (Å²) in [6.45, 7) is 9.21. The number of thiophene rings is 1. The van der Waals surface area contributed by atoms with Crippen molar-refractivity contribution in [2.24, 2.45) is 0 Å². The lowest BCUT2D eigenvalue weighted by atomic mass is 10.2. The van der Waals surface area contributed by atoms with Gasteiger partial charge in [0.15, 0.2) is 0 Å². The predicted molar refractivity (Wildman–Crippen MR) is 94.7 cm³/mol. The molecule has 7 nitrogen and oxygen atoms in total. The number of aromatic nitrogens is 2. The molecule has 0 atom stereocenters. The number of nitrogens with zero attached hydrogens (tertiary/aromatic N) is 3. The number of amides is 1. The lowest BCUT2D eigenvalue weighted by Crippen LogP contribution is -2.37. The molecule has 0 aliphatic carbocycles. The van der Waals surface area contributed by atoms with Crippen LogP contribution >= 0.6 is 11.3 Å². The van der Waals surface area contributed by atoms with Crippen molar-refractivity contribution in [3.8, 4) is 0 Å². The number of hydrogen-bond acceptors (Lipinski definition) is 7. The molecule has 0 radical (unpaired) electrons. The first-order valence-electron chi connectivity index (χ1n) is 7.96. The van der Waals surface area contributed by atoms with Crippen molar-refractivity contribution in [3.63, 3.8) is 0 Å². The van der Waals surface area contributed by atoms with Gasteiger partial charge in [0.25, 0.3) is 0 Å². The summed E-state index contributed by atoms with van der Waals surface area (Å²) in [7, 11) is 0. The molecule has 0 saturated carbocycles. The fourth-order valence-corrected chi connectivity index (χ4v) is 3.48. The molecule has 2 aromatic rings. The highest BCUT2D eigenvalue weighted by Crippen LogP contribution is 2.35. The van der Waals surface area contributed by atoms with Gasteiger partial charge in [0.05, 0.1) is 18.5 Å². The number of carbonyl (C=O) groups excluding carboxylic acids is 2. The average molecular weight is 350 g/mol. The molecule has 0 aliphatic heterocycles. The number of hydrogen-bond donors (Lipinski definition) is 1. The van der Waals surface area contributed by atoms with Crippen LogP contribution in [0.2, 0.25) is 0 Å². The summed E-state index contributed by atoms with van der Waals surface area (Å²) >= 11 is 1.29. The highest BCUT2D eigenvalue weighted by atomic mass is 32.1. The number of aryl methyl sites for hydroxylation is 1. The van der Waals surface area contributed by atoms with Gasteiger partial charge in [-0.3, -0.25) is 4.79 Å². The molecule has 2 rings (SSSR count). The van der Waals surface area contributed by atoms with Crippen molar-refractivity contribution in [2.45, 2.75) is 27.7 Å². The average Bonchev–Trinajstić information content (AvgIpc) is 2.90. The number of esters is 1. The van der Waals surface area contributed by atoms with Gasteiger partial charge in [-0.2, -0.15) is 0 Å². The Bertz CT molecular complexity index is 744. The van der Waals surface area contributed by atoms with Crippen molar-refractivity contribution >= 4 is 39.2 Å². The van der Waals surface area contributed by atoms with Crippen LogP contribution in [0.5, 0.6) is 0 Å². The van der Waals surface area contributed by atoms with Crippen LogP contribution in [0.15, 0.2) is 6.33 Å². The Balaban J connectivity index is 2.46. The second-order valence-electron chi connectivity index (χ2n) is 5.12. The Morgan fingerprint density at radius 1 is 1.29 bits per heavy atom. The highest BCUT2D eigenvalue weighted by Gasteiger charge is 2.22. The summed E-state index contributed by atoms with van der Waals surface area (Å²) in [4.78, 5) is 35.8. The molecule has 0 aromatic carbocycles. The molecule has 0 unspecified atom stereocenters. The van der Waals surface area contributed by atoms with Crippen molar-refractivity contribution in [3.05, 3.63) is 16.8 Å². The Labute approximate surface area is 145 Å². The smallest absolute Gasteiger partial charge is 0.348 e. The van der Waals surface area contributed by atoms with Crippen LogP contribution in [-0.4, -0.2) is 48.1 Å². The predicted octanol–water partition coefficient (Wildman–Crippen LogP) is 2.14. The minimum Gasteiger partial charge on any atom is -0.462 e. The molecule has 8 heteroatoms. The summed E-state index contributed by atoms with van der Waals surface area (Å²) in [5.41, 5.74) is 0.790. The molecule has 24 heavy (non-hydrogen) atoms. The summed E-state index contributed by atoms with van der Waals surface area (Å²) < 4.78 is 5.11. The second-order valence-corrected chi connectivity index (χ2v) is 6.12. The van der Waals surface area contributed by atoms with Crippen LogP contribution < -0.4 is 10.2 Å². The molecule has 1 amide bonds. The van der Waals surface area contributed by atoms with Crippen LogP contribution in [0.4, 0.5) is 5.82 Å². The fourth-order valence-electron chi connectivity index (χ4n) is 2.45. The topological polar surface area (TPSA) is 84.4 Å². The first-order valence-corrected chi connectivity index (χ1v) is 8.77. The molecule has 130 valence electrons. The molecule has 0 aliphatic rings. The highest BCUT2D eigenvalue weighted by molar-refractivity contribution is 7.20. The quantitative estimate of drug-likeness (QED) is 0.770.